The molecule has 0 aromatic carbocycles. The molecule has 3 aliphatic rings. The molecule has 4 heterocycles. The van der Waals surface area contributed by atoms with Gasteiger partial charge >= 0.3 is 0 Å². The number of nitrogens with zero attached hydrogens (tertiary/aromatic N) is 3. The van der Waals surface area contributed by atoms with Gasteiger partial charge in [0, 0.05) is 31.6 Å². The predicted octanol–water partition coefficient (Wildman–Crippen LogP) is 1.71. The number of amides is 2. The smallest absolute Gasteiger partial charge is 0.228 e. The molecular weight excluding hydrogens is 318 g/mol. The van der Waals surface area contributed by atoms with Gasteiger partial charge in [0.25, 0.3) is 0 Å². The summed E-state index contributed by atoms with van der Waals surface area (Å²) in [5.74, 6) is 0.810. The number of hydrogen-bond donors (Lipinski definition) is 0. The summed E-state index contributed by atoms with van der Waals surface area (Å²) in [6, 6.07) is 4.51. The summed E-state index contributed by atoms with van der Waals surface area (Å²) in [6.45, 7) is 2.95. The molecule has 0 bridgehead atoms. The van der Waals surface area contributed by atoms with Gasteiger partial charge in [-0.2, -0.15) is 0 Å². The summed E-state index contributed by atoms with van der Waals surface area (Å²) in [6.07, 6.45) is 6.53. The third kappa shape index (κ3) is 3.19. The number of carbonyl (C=O) groups excluding carboxylic acids is 2. The Hall–Kier alpha value is -1.82. The van der Waals surface area contributed by atoms with Crippen molar-refractivity contribution in [3.63, 3.8) is 0 Å². The van der Waals surface area contributed by atoms with Crippen molar-refractivity contribution in [3.8, 4) is 0 Å². The lowest BCUT2D eigenvalue weighted by molar-refractivity contribution is -0.137. The first-order valence-electron chi connectivity index (χ1n) is 9.44. The van der Waals surface area contributed by atoms with E-state index >= 15 is 0 Å². The first-order valence-corrected chi connectivity index (χ1v) is 9.44. The van der Waals surface area contributed by atoms with E-state index < -0.39 is 0 Å². The molecule has 0 spiro atoms. The van der Waals surface area contributed by atoms with Crippen LogP contribution in [0.4, 0.5) is 0 Å². The van der Waals surface area contributed by atoms with E-state index in [1.807, 2.05) is 12.1 Å². The number of rotatable bonds is 4. The van der Waals surface area contributed by atoms with Crippen molar-refractivity contribution < 1.29 is 14.0 Å². The molecule has 1 aromatic heterocycles. The maximum atomic E-state index is 13.1. The average molecular weight is 345 g/mol. The molecule has 0 aliphatic carbocycles. The zero-order chi connectivity index (χ0) is 17.4. The first-order chi connectivity index (χ1) is 12.1. The molecule has 3 saturated heterocycles. The average Bonchev–Trinajstić information content (AvgIpc) is 3.36. The highest BCUT2D eigenvalue weighted by atomic mass is 16.3. The second-order valence-corrected chi connectivity index (χ2v) is 7.69. The van der Waals surface area contributed by atoms with Gasteiger partial charge in [-0.05, 0) is 51.4 Å². The highest BCUT2D eigenvalue weighted by Crippen LogP contribution is 2.32. The molecule has 25 heavy (non-hydrogen) atoms. The van der Waals surface area contributed by atoms with E-state index in [2.05, 4.69) is 16.8 Å². The summed E-state index contributed by atoms with van der Waals surface area (Å²) in [7, 11) is 2.17. The van der Waals surface area contributed by atoms with Crippen molar-refractivity contribution in [1.82, 2.24) is 14.7 Å². The molecule has 3 atom stereocenters. The molecule has 1 aromatic rings. The standard InChI is InChI=1S/C19H27N3O3/c1-20-8-2-6-16(20)17-7-3-9-22(17)19(24)14-11-18(23)21(12-14)13-15-5-4-10-25-15/h4-5,10,14,16-17H,2-3,6-9,11-13H2,1H3. The quantitative estimate of drug-likeness (QED) is 0.834. The fourth-order valence-electron chi connectivity index (χ4n) is 4.80. The van der Waals surface area contributed by atoms with Crippen molar-refractivity contribution in [1.29, 1.82) is 0 Å². The summed E-state index contributed by atoms with van der Waals surface area (Å²) >= 11 is 0. The number of furan rings is 1. The van der Waals surface area contributed by atoms with Crippen molar-refractivity contribution in [3.05, 3.63) is 24.2 Å². The van der Waals surface area contributed by atoms with Crippen LogP contribution in [0, 0.1) is 5.92 Å². The Labute approximate surface area is 148 Å². The highest BCUT2D eigenvalue weighted by molar-refractivity contribution is 5.89. The number of hydrogen-bond acceptors (Lipinski definition) is 4. The number of likely N-dealkylation sites (tertiary alicyclic amines) is 3. The van der Waals surface area contributed by atoms with Crippen LogP contribution in [0.3, 0.4) is 0 Å². The zero-order valence-corrected chi connectivity index (χ0v) is 14.9. The monoisotopic (exact) mass is 345 g/mol. The van der Waals surface area contributed by atoms with Gasteiger partial charge in [-0.3, -0.25) is 9.59 Å². The lowest BCUT2D eigenvalue weighted by Gasteiger charge is -2.34. The zero-order valence-electron chi connectivity index (χ0n) is 14.9. The van der Waals surface area contributed by atoms with Gasteiger partial charge in [0.05, 0.1) is 18.7 Å². The molecular formula is C19H27N3O3. The van der Waals surface area contributed by atoms with Crippen LogP contribution in [-0.4, -0.2) is 65.3 Å². The Balaban J connectivity index is 1.41. The van der Waals surface area contributed by atoms with Gasteiger partial charge in [-0.25, -0.2) is 0 Å². The summed E-state index contributed by atoms with van der Waals surface area (Å²) in [5, 5.41) is 0. The minimum absolute atomic E-state index is 0.0588. The van der Waals surface area contributed by atoms with Gasteiger partial charge in [0.1, 0.15) is 5.76 Å². The van der Waals surface area contributed by atoms with Crippen LogP contribution < -0.4 is 0 Å². The van der Waals surface area contributed by atoms with Gasteiger partial charge in [0.15, 0.2) is 0 Å². The summed E-state index contributed by atoms with van der Waals surface area (Å²) in [5.41, 5.74) is 0. The van der Waals surface area contributed by atoms with Crippen LogP contribution in [0.15, 0.2) is 22.8 Å². The van der Waals surface area contributed by atoms with Gasteiger partial charge in [-0.1, -0.05) is 0 Å². The molecule has 3 unspecified atom stereocenters. The predicted molar refractivity (Wildman–Crippen MR) is 92.6 cm³/mol. The van der Waals surface area contributed by atoms with E-state index in [1.54, 1.807) is 11.2 Å². The van der Waals surface area contributed by atoms with Crippen LogP contribution in [0.25, 0.3) is 0 Å². The van der Waals surface area contributed by atoms with Crippen LogP contribution in [0.1, 0.15) is 37.9 Å². The van der Waals surface area contributed by atoms with Crippen LogP contribution in [0.2, 0.25) is 0 Å². The largest absolute Gasteiger partial charge is 0.467 e. The molecule has 136 valence electrons. The molecule has 6 nitrogen and oxygen atoms in total. The number of likely N-dealkylation sites (N-methyl/N-ethyl adjacent to an activating group) is 1. The SMILES string of the molecule is CN1CCCC1C1CCCN1C(=O)C1CC(=O)N(Cc2ccco2)C1. The maximum Gasteiger partial charge on any atom is 0.228 e. The molecule has 0 saturated carbocycles. The third-order valence-corrected chi connectivity index (χ3v) is 6.09. The molecule has 4 rings (SSSR count). The summed E-state index contributed by atoms with van der Waals surface area (Å²) < 4.78 is 5.34. The molecule has 0 N–H and O–H groups in total. The molecule has 3 fully saturated rings. The minimum Gasteiger partial charge on any atom is -0.467 e. The van der Waals surface area contributed by atoms with Crippen molar-refractivity contribution in [2.45, 2.75) is 50.7 Å². The highest BCUT2D eigenvalue weighted by Gasteiger charge is 2.43. The van der Waals surface area contributed by atoms with Gasteiger partial charge in [-0.15, -0.1) is 0 Å². The lowest BCUT2D eigenvalue weighted by atomic mass is 10.0. The van der Waals surface area contributed by atoms with E-state index in [1.165, 1.54) is 12.8 Å². The number of carbonyl (C=O) groups is 2. The Morgan fingerprint density at radius 3 is 2.76 bits per heavy atom. The Bertz CT molecular complexity index is 630. The second kappa shape index (κ2) is 6.83. The van der Waals surface area contributed by atoms with E-state index in [9.17, 15) is 9.59 Å². The van der Waals surface area contributed by atoms with E-state index in [-0.39, 0.29) is 17.7 Å². The first kappa shape index (κ1) is 16.6. The fourth-order valence-corrected chi connectivity index (χ4v) is 4.80. The van der Waals surface area contributed by atoms with Crippen LogP contribution in [0.5, 0.6) is 0 Å². The van der Waals surface area contributed by atoms with E-state index in [0.29, 0.717) is 31.6 Å². The second-order valence-electron chi connectivity index (χ2n) is 7.69. The molecule has 0 radical (unpaired) electrons. The normalized spacial score (nSPS) is 30.6. The summed E-state index contributed by atoms with van der Waals surface area (Å²) in [4.78, 5) is 31.7. The topological polar surface area (TPSA) is 57.0 Å². The lowest BCUT2D eigenvalue weighted by Crippen LogP contribution is -2.49. The maximum absolute atomic E-state index is 13.1. The van der Waals surface area contributed by atoms with Crippen LogP contribution in [-0.2, 0) is 16.1 Å². The van der Waals surface area contributed by atoms with Crippen molar-refractivity contribution in [2.24, 2.45) is 5.92 Å². The Kier molecular flexibility index (Phi) is 4.54. The van der Waals surface area contributed by atoms with E-state index in [0.717, 1.165) is 31.7 Å². The molecule has 2 amide bonds. The Morgan fingerprint density at radius 2 is 2.04 bits per heavy atom. The van der Waals surface area contributed by atoms with Crippen molar-refractivity contribution in [2.75, 3.05) is 26.7 Å². The third-order valence-electron chi connectivity index (χ3n) is 6.09. The van der Waals surface area contributed by atoms with Crippen LogP contribution >= 0.6 is 0 Å². The molecule has 6 heteroatoms. The molecule has 3 aliphatic heterocycles. The van der Waals surface area contributed by atoms with Gasteiger partial charge in [0.2, 0.25) is 11.8 Å². The van der Waals surface area contributed by atoms with Crippen molar-refractivity contribution >= 4 is 11.8 Å². The van der Waals surface area contributed by atoms with Gasteiger partial charge < -0.3 is 19.1 Å². The minimum atomic E-state index is -0.199. The fraction of sp³-hybridized carbons (Fsp3) is 0.684. The Morgan fingerprint density at radius 1 is 1.24 bits per heavy atom. The van der Waals surface area contributed by atoms with E-state index in [4.69, 9.17) is 4.42 Å².